The topological polar surface area (TPSA) is 71.4 Å². The number of alkyl halides is 3. The van der Waals surface area contributed by atoms with Crippen molar-refractivity contribution in [3.63, 3.8) is 0 Å². The van der Waals surface area contributed by atoms with Gasteiger partial charge in [0.1, 0.15) is 18.2 Å². The Morgan fingerprint density at radius 2 is 1.71 bits per heavy atom. The summed E-state index contributed by atoms with van der Waals surface area (Å²) in [7, 11) is 1.19. The number of likely N-dealkylation sites (N-methyl/N-ethyl adjacent to an activating group) is 1. The van der Waals surface area contributed by atoms with Gasteiger partial charge in [0.25, 0.3) is 5.56 Å². The molecular formula is C17H14F5N3O3. The minimum absolute atomic E-state index is 0.169. The average molecular weight is 403 g/mol. The third-order valence-corrected chi connectivity index (χ3v) is 3.57. The first kappa shape index (κ1) is 21.1. The molecule has 0 saturated heterocycles. The Hall–Kier alpha value is -3.24. The zero-order chi connectivity index (χ0) is 21.1. The van der Waals surface area contributed by atoms with E-state index in [-0.39, 0.29) is 5.69 Å². The lowest BCUT2D eigenvalue weighted by Crippen LogP contribution is -2.38. The smallest absolute Gasteiger partial charge is 0.335 e. The van der Waals surface area contributed by atoms with Crippen molar-refractivity contribution in [3.05, 3.63) is 64.1 Å². The lowest BCUT2D eigenvalue weighted by molar-refractivity contribution is -0.138. The van der Waals surface area contributed by atoms with Crippen molar-refractivity contribution in [1.29, 1.82) is 0 Å². The molecule has 2 rings (SSSR count). The summed E-state index contributed by atoms with van der Waals surface area (Å²) >= 11 is 0. The number of aromatic nitrogens is 1. The first-order chi connectivity index (χ1) is 13.0. The summed E-state index contributed by atoms with van der Waals surface area (Å²) in [5, 5.41) is 2.18. The molecule has 0 aliphatic carbocycles. The molecule has 0 fully saturated rings. The molecule has 0 saturated carbocycles. The quantitative estimate of drug-likeness (QED) is 0.779. The zero-order valence-corrected chi connectivity index (χ0v) is 14.4. The molecule has 1 aromatic heterocycles. The van der Waals surface area contributed by atoms with Crippen LogP contribution < -0.4 is 10.9 Å². The van der Waals surface area contributed by atoms with Gasteiger partial charge in [0.15, 0.2) is 0 Å². The summed E-state index contributed by atoms with van der Waals surface area (Å²) in [5.41, 5.74) is -2.10. The van der Waals surface area contributed by atoms with Gasteiger partial charge in [-0.25, -0.2) is 8.78 Å². The standard InChI is InChI=1S/C17H14F5N3O3/c1-24(8-14(26)23-13-5-11(18)4-12(19)6-13)16(28)9-25-7-10(17(20,21)22)2-3-15(25)27/h2-7H,8-9H2,1H3,(H,23,26). The first-order valence-corrected chi connectivity index (χ1v) is 7.73. The minimum Gasteiger partial charge on any atom is -0.335 e. The molecule has 0 unspecified atom stereocenters. The molecule has 2 amide bonds. The van der Waals surface area contributed by atoms with E-state index in [1.165, 1.54) is 7.05 Å². The van der Waals surface area contributed by atoms with Crippen LogP contribution in [-0.2, 0) is 22.3 Å². The number of hydrogen-bond donors (Lipinski definition) is 1. The number of nitrogens with zero attached hydrogens (tertiary/aromatic N) is 2. The highest BCUT2D eigenvalue weighted by Gasteiger charge is 2.31. The van der Waals surface area contributed by atoms with Crippen LogP contribution in [0, 0.1) is 11.6 Å². The normalized spacial score (nSPS) is 11.2. The molecule has 150 valence electrons. The van der Waals surface area contributed by atoms with E-state index < -0.39 is 53.8 Å². The van der Waals surface area contributed by atoms with Crippen LogP contribution in [0.3, 0.4) is 0 Å². The van der Waals surface area contributed by atoms with Crippen LogP contribution in [0.1, 0.15) is 5.56 Å². The largest absolute Gasteiger partial charge is 0.417 e. The van der Waals surface area contributed by atoms with E-state index in [0.29, 0.717) is 29.0 Å². The fourth-order valence-electron chi connectivity index (χ4n) is 2.22. The van der Waals surface area contributed by atoms with E-state index in [0.717, 1.165) is 17.0 Å². The van der Waals surface area contributed by atoms with Crippen LogP contribution in [0.4, 0.5) is 27.6 Å². The molecule has 0 bridgehead atoms. The van der Waals surface area contributed by atoms with E-state index >= 15 is 0 Å². The van der Waals surface area contributed by atoms with Crippen LogP contribution in [0.2, 0.25) is 0 Å². The lowest BCUT2D eigenvalue weighted by Gasteiger charge is -2.18. The van der Waals surface area contributed by atoms with Gasteiger partial charge in [-0.05, 0) is 18.2 Å². The first-order valence-electron chi connectivity index (χ1n) is 7.73. The summed E-state index contributed by atoms with van der Waals surface area (Å²) < 4.78 is 64.9. The Kier molecular flexibility index (Phi) is 6.16. The van der Waals surface area contributed by atoms with E-state index in [9.17, 15) is 36.3 Å². The van der Waals surface area contributed by atoms with Crippen molar-refractivity contribution >= 4 is 17.5 Å². The van der Waals surface area contributed by atoms with Crippen molar-refractivity contribution in [1.82, 2.24) is 9.47 Å². The number of benzene rings is 1. The maximum atomic E-state index is 13.1. The molecule has 0 aliphatic heterocycles. The van der Waals surface area contributed by atoms with Crippen LogP contribution in [0.15, 0.2) is 41.3 Å². The molecule has 1 heterocycles. The summed E-state index contributed by atoms with van der Waals surface area (Å²) in [4.78, 5) is 36.5. The fourth-order valence-corrected chi connectivity index (χ4v) is 2.22. The number of carbonyl (C=O) groups is 2. The molecule has 1 N–H and O–H groups in total. The Morgan fingerprint density at radius 3 is 2.29 bits per heavy atom. The van der Waals surface area contributed by atoms with Crippen LogP contribution in [-0.4, -0.2) is 34.9 Å². The fraction of sp³-hybridized carbons (Fsp3) is 0.235. The monoisotopic (exact) mass is 403 g/mol. The van der Waals surface area contributed by atoms with Crippen LogP contribution in [0.25, 0.3) is 0 Å². The van der Waals surface area contributed by atoms with Crippen molar-refractivity contribution in [3.8, 4) is 0 Å². The van der Waals surface area contributed by atoms with E-state index in [4.69, 9.17) is 0 Å². The van der Waals surface area contributed by atoms with Gasteiger partial charge in [-0.3, -0.25) is 14.4 Å². The number of hydrogen-bond acceptors (Lipinski definition) is 3. The van der Waals surface area contributed by atoms with Gasteiger partial charge in [0, 0.05) is 31.1 Å². The predicted molar refractivity (Wildman–Crippen MR) is 88.3 cm³/mol. The summed E-state index contributed by atoms with van der Waals surface area (Å²) in [6, 6.07) is 3.62. The van der Waals surface area contributed by atoms with Gasteiger partial charge < -0.3 is 14.8 Å². The molecule has 28 heavy (non-hydrogen) atoms. The molecule has 1 aromatic carbocycles. The molecule has 11 heteroatoms. The van der Waals surface area contributed by atoms with Gasteiger partial charge in [0.2, 0.25) is 11.8 Å². The Bertz CT molecular complexity index is 936. The van der Waals surface area contributed by atoms with Crippen molar-refractivity contribution in [2.24, 2.45) is 0 Å². The molecule has 0 spiro atoms. The van der Waals surface area contributed by atoms with Gasteiger partial charge in [-0.2, -0.15) is 13.2 Å². The average Bonchev–Trinajstić information content (AvgIpc) is 2.54. The van der Waals surface area contributed by atoms with Gasteiger partial charge >= 0.3 is 6.18 Å². The predicted octanol–water partition coefficient (Wildman–Crippen LogP) is 2.24. The number of nitrogens with one attached hydrogen (secondary N) is 1. The zero-order valence-electron chi connectivity index (χ0n) is 14.4. The lowest BCUT2D eigenvalue weighted by atomic mass is 10.2. The van der Waals surface area contributed by atoms with E-state index in [2.05, 4.69) is 5.32 Å². The van der Waals surface area contributed by atoms with Crippen LogP contribution >= 0.6 is 0 Å². The molecule has 2 aromatic rings. The van der Waals surface area contributed by atoms with Crippen molar-refractivity contribution < 1.29 is 31.5 Å². The Labute approximate surface area is 155 Å². The maximum Gasteiger partial charge on any atom is 0.417 e. The number of pyridine rings is 1. The second-order valence-corrected chi connectivity index (χ2v) is 5.84. The second-order valence-electron chi connectivity index (χ2n) is 5.84. The minimum atomic E-state index is -4.69. The second kappa shape index (κ2) is 8.19. The Balaban J connectivity index is 2.03. The number of carbonyl (C=O) groups excluding carboxylic acids is 2. The number of amides is 2. The molecule has 0 radical (unpaired) electrons. The van der Waals surface area contributed by atoms with E-state index in [1.807, 2.05) is 0 Å². The molecular weight excluding hydrogens is 389 g/mol. The molecule has 6 nitrogen and oxygen atoms in total. The van der Waals surface area contributed by atoms with Crippen molar-refractivity contribution in [2.45, 2.75) is 12.7 Å². The summed E-state index contributed by atoms with van der Waals surface area (Å²) in [6.07, 6.45) is -4.19. The number of anilines is 1. The number of rotatable bonds is 5. The third-order valence-electron chi connectivity index (χ3n) is 3.57. The summed E-state index contributed by atoms with van der Waals surface area (Å²) in [6.45, 7) is -1.27. The highest BCUT2D eigenvalue weighted by Crippen LogP contribution is 2.28. The SMILES string of the molecule is CN(CC(=O)Nc1cc(F)cc(F)c1)C(=O)Cn1cc(C(F)(F)F)ccc1=O. The summed E-state index contributed by atoms with van der Waals surface area (Å²) in [5.74, 6) is -3.44. The van der Waals surface area contributed by atoms with Gasteiger partial charge in [0.05, 0.1) is 12.1 Å². The van der Waals surface area contributed by atoms with E-state index in [1.54, 1.807) is 0 Å². The number of halogens is 5. The third kappa shape index (κ3) is 5.63. The maximum absolute atomic E-state index is 13.1. The van der Waals surface area contributed by atoms with Gasteiger partial charge in [-0.1, -0.05) is 0 Å². The molecule has 0 atom stereocenters. The highest BCUT2D eigenvalue weighted by atomic mass is 19.4. The highest BCUT2D eigenvalue weighted by molar-refractivity contribution is 5.94. The van der Waals surface area contributed by atoms with Gasteiger partial charge in [-0.15, -0.1) is 0 Å². The molecule has 0 aliphatic rings. The Morgan fingerprint density at radius 1 is 1.11 bits per heavy atom. The van der Waals surface area contributed by atoms with Crippen molar-refractivity contribution in [2.75, 3.05) is 18.9 Å². The van der Waals surface area contributed by atoms with Crippen LogP contribution in [0.5, 0.6) is 0 Å².